The van der Waals surface area contributed by atoms with E-state index in [9.17, 15) is 4.79 Å². The van der Waals surface area contributed by atoms with E-state index in [4.69, 9.17) is 9.15 Å². The van der Waals surface area contributed by atoms with E-state index in [2.05, 4.69) is 34.6 Å². The number of amides is 1. The van der Waals surface area contributed by atoms with Crippen LogP contribution in [0.4, 0.5) is 5.13 Å². The van der Waals surface area contributed by atoms with Crippen molar-refractivity contribution in [2.24, 2.45) is 0 Å². The molecule has 0 aliphatic carbocycles. The Labute approximate surface area is 202 Å². The summed E-state index contributed by atoms with van der Waals surface area (Å²) in [7, 11) is 0. The summed E-state index contributed by atoms with van der Waals surface area (Å²) in [4.78, 5) is 17.7. The number of benzene rings is 3. The predicted octanol–water partition coefficient (Wildman–Crippen LogP) is 7.40. The normalized spacial score (nSPS) is 11.3. The van der Waals surface area contributed by atoms with Gasteiger partial charge in [-0.3, -0.25) is 10.1 Å². The van der Waals surface area contributed by atoms with Crippen molar-refractivity contribution in [3.8, 4) is 22.4 Å². The summed E-state index contributed by atoms with van der Waals surface area (Å²) in [5.74, 6) is -0.0790. The molecule has 0 unspecified atom stereocenters. The molecule has 1 N–H and O–H groups in total. The molecule has 0 saturated heterocycles. The molecule has 1 amide bonds. The molecule has 34 heavy (non-hydrogen) atoms. The fourth-order valence-corrected chi connectivity index (χ4v) is 4.47. The van der Waals surface area contributed by atoms with Gasteiger partial charge in [0.05, 0.1) is 18.4 Å². The summed E-state index contributed by atoms with van der Waals surface area (Å²) < 4.78 is 11.7. The number of thiazole rings is 1. The molecular weight excluding hydrogens is 444 g/mol. The average Bonchev–Trinajstić information content (AvgIpc) is 3.48. The molecular formula is C28H24N2O3S. The molecule has 5 rings (SSSR count). The molecule has 0 atom stereocenters. The van der Waals surface area contributed by atoms with E-state index < -0.39 is 0 Å². The molecule has 3 aromatic carbocycles. The van der Waals surface area contributed by atoms with E-state index in [-0.39, 0.29) is 17.8 Å². The van der Waals surface area contributed by atoms with E-state index in [1.807, 2.05) is 73.8 Å². The van der Waals surface area contributed by atoms with Crippen molar-refractivity contribution in [2.45, 2.75) is 26.6 Å². The molecule has 2 aromatic heterocycles. The number of aromatic nitrogens is 1. The van der Waals surface area contributed by atoms with Gasteiger partial charge in [0.2, 0.25) is 0 Å². The standard InChI is InChI=1S/C28H24N2O3S/c1-18(2)32-16-23-22-10-6-7-11-25(22)33-26(23)27(31)30-28-29-24(17-34-28)21-14-12-20(13-15-21)19-8-4-3-5-9-19/h3-15,17-18H,16H2,1-2H3,(H,29,30,31). The summed E-state index contributed by atoms with van der Waals surface area (Å²) in [5, 5.41) is 6.23. The smallest absolute Gasteiger partial charge is 0.293 e. The fraction of sp³-hybridized carbons (Fsp3) is 0.143. The third kappa shape index (κ3) is 4.64. The Bertz CT molecular complexity index is 1420. The van der Waals surface area contributed by atoms with Gasteiger partial charge in [0, 0.05) is 21.9 Å². The maximum Gasteiger partial charge on any atom is 0.293 e. The number of nitrogens with zero attached hydrogens (tertiary/aromatic N) is 1. The second-order valence-electron chi connectivity index (χ2n) is 8.20. The number of rotatable bonds is 7. The second-order valence-corrected chi connectivity index (χ2v) is 9.06. The number of ether oxygens (including phenoxy) is 1. The van der Waals surface area contributed by atoms with Gasteiger partial charge in [-0.05, 0) is 31.0 Å². The first-order chi connectivity index (χ1) is 16.6. The molecule has 6 heteroatoms. The van der Waals surface area contributed by atoms with Crippen LogP contribution in [0.3, 0.4) is 0 Å². The van der Waals surface area contributed by atoms with Crippen molar-refractivity contribution in [3.63, 3.8) is 0 Å². The molecule has 0 bridgehead atoms. The van der Waals surface area contributed by atoms with E-state index in [0.29, 0.717) is 17.3 Å². The highest BCUT2D eigenvalue weighted by Crippen LogP contribution is 2.30. The Morgan fingerprint density at radius 2 is 1.62 bits per heavy atom. The van der Waals surface area contributed by atoms with Crippen molar-refractivity contribution in [3.05, 3.63) is 95.6 Å². The van der Waals surface area contributed by atoms with E-state index in [1.54, 1.807) is 0 Å². The highest BCUT2D eigenvalue weighted by atomic mass is 32.1. The Morgan fingerprint density at radius 1 is 0.941 bits per heavy atom. The third-order valence-corrected chi connectivity index (χ3v) is 6.24. The van der Waals surface area contributed by atoms with Gasteiger partial charge in [-0.25, -0.2) is 4.98 Å². The van der Waals surface area contributed by atoms with Crippen LogP contribution >= 0.6 is 11.3 Å². The molecule has 5 aromatic rings. The van der Waals surface area contributed by atoms with Gasteiger partial charge in [0.15, 0.2) is 10.9 Å². The Kier molecular flexibility index (Phi) is 6.25. The number of para-hydroxylation sites is 1. The number of carbonyl (C=O) groups is 1. The molecule has 5 nitrogen and oxygen atoms in total. The van der Waals surface area contributed by atoms with Gasteiger partial charge in [0.25, 0.3) is 5.91 Å². The SMILES string of the molecule is CC(C)OCc1c(C(=O)Nc2nc(-c3ccc(-c4ccccc4)cc3)cs2)oc2ccccc12. The number of fused-ring (bicyclic) bond motifs is 1. The zero-order chi connectivity index (χ0) is 23.5. The van der Waals surface area contributed by atoms with E-state index >= 15 is 0 Å². The number of nitrogens with one attached hydrogen (secondary N) is 1. The molecule has 0 spiro atoms. The number of hydrogen-bond donors (Lipinski definition) is 1. The van der Waals surface area contributed by atoms with Crippen LogP contribution in [0.25, 0.3) is 33.4 Å². The first-order valence-electron chi connectivity index (χ1n) is 11.1. The lowest BCUT2D eigenvalue weighted by Crippen LogP contribution is -2.14. The summed E-state index contributed by atoms with van der Waals surface area (Å²) in [6.07, 6.45) is 0.0411. The summed E-state index contributed by atoms with van der Waals surface area (Å²) in [6.45, 7) is 4.23. The largest absolute Gasteiger partial charge is 0.451 e. The Hall–Kier alpha value is -3.74. The molecule has 2 heterocycles. The number of carbonyl (C=O) groups excluding carboxylic acids is 1. The Balaban J connectivity index is 1.35. The zero-order valence-corrected chi connectivity index (χ0v) is 19.8. The highest BCUT2D eigenvalue weighted by molar-refractivity contribution is 7.14. The lowest BCUT2D eigenvalue weighted by molar-refractivity contribution is 0.0648. The quantitative estimate of drug-likeness (QED) is 0.270. The van der Waals surface area contributed by atoms with Gasteiger partial charge < -0.3 is 9.15 Å². The maximum atomic E-state index is 13.1. The minimum absolute atomic E-state index is 0.0411. The number of furan rings is 1. The van der Waals surface area contributed by atoms with Crippen molar-refractivity contribution in [2.75, 3.05) is 5.32 Å². The average molecular weight is 469 g/mol. The van der Waals surface area contributed by atoms with Crippen LogP contribution < -0.4 is 5.32 Å². The van der Waals surface area contributed by atoms with Crippen molar-refractivity contribution in [1.29, 1.82) is 0 Å². The summed E-state index contributed by atoms with van der Waals surface area (Å²) in [6, 6.07) is 26.1. The van der Waals surface area contributed by atoms with Crippen LogP contribution in [0.1, 0.15) is 30.0 Å². The topological polar surface area (TPSA) is 64.4 Å². The van der Waals surface area contributed by atoms with E-state index in [0.717, 1.165) is 27.8 Å². The maximum absolute atomic E-state index is 13.1. The van der Waals surface area contributed by atoms with Crippen LogP contribution in [0.2, 0.25) is 0 Å². The lowest BCUT2D eigenvalue weighted by Gasteiger charge is -2.08. The van der Waals surface area contributed by atoms with E-state index in [1.165, 1.54) is 16.9 Å². The van der Waals surface area contributed by atoms with Crippen LogP contribution in [0, 0.1) is 0 Å². The van der Waals surface area contributed by atoms with Crippen molar-refractivity contribution >= 4 is 33.3 Å². The lowest BCUT2D eigenvalue weighted by atomic mass is 10.0. The predicted molar refractivity (Wildman–Crippen MR) is 137 cm³/mol. The number of hydrogen-bond acceptors (Lipinski definition) is 5. The van der Waals surface area contributed by atoms with Gasteiger partial charge in [-0.1, -0.05) is 72.8 Å². The van der Waals surface area contributed by atoms with Gasteiger partial charge >= 0.3 is 0 Å². The second kappa shape index (κ2) is 9.63. The molecule has 0 saturated carbocycles. The molecule has 0 radical (unpaired) electrons. The molecule has 0 aliphatic rings. The first-order valence-corrected chi connectivity index (χ1v) is 12.0. The number of anilines is 1. The minimum Gasteiger partial charge on any atom is -0.451 e. The van der Waals surface area contributed by atoms with Gasteiger partial charge in [-0.2, -0.15) is 0 Å². The van der Waals surface area contributed by atoms with Gasteiger partial charge in [-0.15, -0.1) is 11.3 Å². The van der Waals surface area contributed by atoms with Crippen LogP contribution in [0.5, 0.6) is 0 Å². The summed E-state index contributed by atoms with van der Waals surface area (Å²) >= 11 is 1.38. The molecule has 0 aliphatic heterocycles. The monoisotopic (exact) mass is 468 g/mol. The Morgan fingerprint density at radius 3 is 2.38 bits per heavy atom. The van der Waals surface area contributed by atoms with Crippen LogP contribution in [0.15, 0.2) is 88.7 Å². The summed E-state index contributed by atoms with van der Waals surface area (Å²) in [5.41, 5.74) is 5.53. The van der Waals surface area contributed by atoms with Crippen LogP contribution in [-0.2, 0) is 11.3 Å². The van der Waals surface area contributed by atoms with Gasteiger partial charge in [0.1, 0.15) is 5.58 Å². The highest BCUT2D eigenvalue weighted by Gasteiger charge is 2.22. The fourth-order valence-electron chi connectivity index (χ4n) is 3.76. The zero-order valence-electron chi connectivity index (χ0n) is 18.9. The van der Waals surface area contributed by atoms with Crippen molar-refractivity contribution in [1.82, 2.24) is 4.98 Å². The van der Waals surface area contributed by atoms with Crippen LogP contribution in [-0.4, -0.2) is 17.0 Å². The molecule has 170 valence electrons. The minimum atomic E-state index is -0.334. The first kappa shape index (κ1) is 22.1. The van der Waals surface area contributed by atoms with Crippen molar-refractivity contribution < 1.29 is 13.9 Å². The third-order valence-electron chi connectivity index (χ3n) is 5.48. The molecule has 0 fully saturated rings.